The first-order valence-electron chi connectivity index (χ1n) is 8.80. The molecule has 0 aliphatic rings. The van der Waals surface area contributed by atoms with Crippen molar-refractivity contribution in [2.75, 3.05) is 5.32 Å². The summed E-state index contributed by atoms with van der Waals surface area (Å²) in [7, 11) is 0. The maximum atomic E-state index is 12.5. The Morgan fingerprint density at radius 3 is 2.47 bits per heavy atom. The van der Waals surface area contributed by atoms with Crippen molar-refractivity contribution in [3.05, 3.63) is 53.6 Å². The predicted octanol–water partition coefficient (Wildman–Crippen LogP) is 3.57. The van der Waals surface area contributed by atoms with E-state index in [0.717, 1.165) is 11.1 Å². The first-order valence-corrected chi connectivity index (χ1v) is 8.80. The summed E-state index contributed by atoms with van der Waals surface area (Å²) in [5, 5.41) is 30.2. The fourth-order valence-corrected chi connectivity index (χ4v) is 2.53. The molecule has 30 heavy (non-hydrogen) atoms. The highest BCUT2D eigenvalue weighted by molar-refractivity contribution is 5.97. The highest BCUT2D eigenvalue weighted by Crippen LogP contribution is 2.19. The predicted molar refractivity (Wildman–Crippen MR) is 104 cm³/mol. The number of halogens is 3. The van der Waals surface area contributed by atoms with Crippen molar-refractivity contribution >= 4 is 22.6 Å². The molecule has 0 saturated heterocycles. The van der Waals surface area contributed by atoms with Crippen molar-refractivity contribution in [2.24, 2.45) is 0 Å². The van der Waals surface area contributed by atoms with Crippen LogP contribution >= 0.6 is 0 Å². The van der Waals surface area contributed by atoms with E-state index in [-0.39, 0.29) is 13.5 Å². The molecule has 1 aromatic heterocycles. The zero-order chi connectivity index (χ0) is 22.5. The maximum Gasteiger partial charge on any atom is 0.386 e. The Kier molecular flexibility index (Phi) is 6.79. The van der Waals surface area contributed by atoms with E-state index in [1.165, 1.54) is 11.6 Å². The molecule has 0 saturated carbocycles. The molecular weight excluding hydrogens is 399 g/mol. The van der Waals surface area contributed by atoms with Gasteiger partial charge in [-0.25, -0.2) is 4.68 Å². The topological polar surface area (TPSA) is 104 Å². The van der Waals surface area contributed by atoms with Gasteiger partial charge in [0.1, 0.15) is 5.52 Å². The van der Waals surface area contributed by atoms with Gasteiger partial charge in [0.05, 0.1) is 23.7 Å². The molecule has 7 nitrogen and oxygen atoms in total. The number of nitriles is 1. The molecular formula is C20H20F3N5O2. The highest BCUT2D eigenvalue weighted by atomic mass is 19.4. The number of aromatic nitrogens is 3. The lowest BCUT2D eigenvalue weighted by Gasteiger charge is -2.22. The molecule has 0 aliphatic heterocycles. The molecule has 1 amide bonds. The zero-order valence-electron chi connectivity index (χ0n) is 16.5. The minimum atomic E-state index is -4.00. The van der Waals surface area contributed by atoms with Crippen molar-refractivity contribution < 1.29 is 23.1 Å². The number of amides is 1. The quantitative estimate of drug-likeness (QED) is 0.673. The number of nitrogens with zero attached hydrogens (tertiary/aromatic N) is 4. The Balaban J connectivity index is 0.000000575. The highest BCUT2D eigenvalue weighted by Gasteiger charge is 2.32. The number of anilines is 1. The number of benzene rings is 2. The van der Waals surface area contributed by atoms with E-state index in [2.05, 4.69) is 21.7 Å². The minimum absolute atomic E-state index is 0.0331. The summed E-state index contributed by atoms with van der Waals surface area (Å²) >= 11 is 0. The van der Waals surface area contributed by atoms with E-state index in [1.54, 1.807) is 25.1 Å². The third-order valence-electron chi connectivity index (χ3n) is 3.97. The van der Waals surface area contributed by atoms with Crippen LogP contribution < -0.4 is 5.32 Å². The van der Waals surface area contributed by atoms with E-state index < -0.39 is 17.7 Å². The summed E-state index contributed by atoms with van der Waals surface area (Å²) in [5.74, 6) is -0.559. The molecule has 2 N–H and O–H groups in total. The molecule has 0 unspecified atom stereocenters. The fourth-order valence-electron chi connectivity index (χ4n) is 2.53. The van der Waals surface area contributed by atoms with E-state index in [9.17, 15) is 23.1 Å². The lowest BCUT2D eigenvalue weighted by molar-refractivity contribution is -0.133. The fraction of sp³-hybridized carbons (Fsp3) is 0.300. The molecule has 0 fully saturated rings. The second-order valence-electron chi connectivity index (χ2n) is 6.89. The van der Waals surface area contributed by atoms with Crippen molar-refractivity contribution in [2.45, 2.75) is 39.1 Å². The Bertz CT molecular complexity index is 1080. The van der Waals surface area contributed by atoms with Crippen molar-refractivity contribution in [1.82, 2.24) is 15.0 Å². The van der Waals surface area contributed by atoms with Crippen LogP contribution in [-0.2, 0) is 11.3 Å². The van der Waals surface area contributed by atoms with Gasteiger partial charge in [-0.3, -0.25) is 4.79 Å². The average molecular weight is 419 g/mol. The van der Waals surface area contributed by atoms with Crippen LogP contribution in [0.3, 0.4) is 0 Å². The largest absolute Gasteiger partial charge is 0.386 e. The van der Waals surface area contributed by atoms with Crippen LogP contribution in [-0.4, -0.2) is 37.8 Å². The smallest absolute Gasteiger partial charge is 0.378 e. The van der Waals surface area contributed by atoms with Crippen LogP contribution in [0.15, 0.2) is 42.5 Å². The summed E-state index contributed by atoms with van der Waals surface area (Å²) in [6.45, 7) is 3.37. The van der Waals surface area contributed by atoms with Gasteiger partial charge >= 0.3 is 6.18 Å². The number of carbonyl (C=O) groups is 1. The van der Waals surface area contributed by atoms with Crippen LogP contribution in [0.2, 0.25) is 0 Å². The van der Waals surface area contributed by atoms with E-state index in [0.29, 0.717) is 16.8 Å². The lowest BCUT2D eigenvalue weighted by atomic mass is 10.0. The van der Waals surface area contributed by atoms with Gasteiger partial charge < -0.3 is 10.4 Å². The van der Waals surface area contributed by atoms with Gasteiger partial charge in [0.2, 0.25) is 0 Å². The Morgan fingerprint density at radius 2 is 1.87 bits per heavy atom. The van der Waals surface area contributed by atoms with Gasteiger partial charge in [0.25, 0.3) is 5.91 Å². The van der Waals surface area contributed by atoms with E-state index in [1.807, 2.05) is 24.3 Å². The minimum Gasteiger partial charge on any atom is -0.378 e. The number of nitrogens with one attached hydrogen (secondary N) is 1. The molecule has 0 radical (unpaired) electrons. The molecule has 3 rings (SSSR count). The van der Waals surface area contributed by atoms with Crippen LogP contribution in [0.25, 0.3) is 11.0 Å². The molecule has 158 valence electrons. The molecule has 2 aromatic carbocycles. The second-order valence-corrected chi connectivity index (χ2v) is 6.89. The number of alkyl halides is 3. The number of aryl methyl sites for hydroxylation is 1. The van der Waals surface area contributed by atoms with Gasteiger partial charge in [-0.05, 0) is 49.7 Å². The van der Waals surface area contributed by atoms with Crippen LogP contribution in [0.5, 0.6) is 0 Å². The summed E-state index contributed by atoms with van der Waals surface area (Å²) in [4.78, 5) is 12.5. The molecule has 0 aliphatic carbocycles. The van der Waals surface area contributed by atoms with Crippen molar-refractivity contribution in [3.63, 3.8) is 0 Å². The molecule has 10 heteroatoms. The summed E-state index contributed by atoms with van der Waals surface area (Å²) in [6.07, 6.45) is -4.00. The first-order chi connectivity index (χ1) is 13.9. The lowest BCUT2D eigenvalue weighted by Crippen LogP contribution is -2.44. The number of fused-ring (bicyclic) bond motifs is 1. The Hall–Kier alpha value is -3.45. The van der Waals surface area contributed by atoms with Gasteiger partial charge in [-0.1, -0.05) is 17.3 Å². The second kappa shape index (κ2) is 8.92. The van der Waals surface area contributed by atoms with E-state index in [4.69, 9.17) is 5.26 Å². The average Bonchev–Trinajstić information content (AvgIpc) is 3.03. The van der Waals surface area contributed by atoms with Crippen LogP contribution in [0.4, 0.5) is 18.9 Å². The summed E-state index contributed by atoms with van der Waals surface area (Å²) < 4.78 is 32.6. The number of hydrogen-bond donors (Lipinski definition) is 2. The summed E-state index contributed by atoms with van der Waals surface area (Å²) in [5.41, 5.74) is 1.57. The molecule has 1 heterocycles. The van der Waals surface area contributed by atoms with Crippen LogP contribution in [0, 0.1) is 18.3 Å². The monoisotopic (exact) mass is 419 g/mol. The molecule has 3 aromatic rings. The number of hydrogen-bond acceptors (Lipinski definition) is 5. The van der Waals surface area contributed by atoms with Gasteiger partial charge in [0, 0.05) is 12.6 Å². The first kappa shape index (κ1) is 22.8. The normalized spacial score (nSPS) is 13.0. The van der Waals surface area contributed by atoms with Gasteiger partial charge in [-0.2, -0.15) is 18.4 Å². The number of rotatable bonds is 4. The Labute approximate surface area is 170 Å². The van der Waals surface area contributed by atoms with E-state index >= 15 is 0 Å². The third-order valence-corrected chi connectivity index (χ3v) is 3.97. The maximum absolute atomic E-state index is 12.5. The third kappa shape index (κ3) is 6.28. The van der Waals surface area contributed by atoms with Gasteiger partial charge in [0.15, 0.2) is 5.60 Å². The standard InChI is InChI=1S/C18H17N5O2.C2H3F3/c1-12-9-14(8-7-13(12)10-19)20-17(24)18(2,25)11-23-16-6-4-3-5-15(16)21-22-23;1-2(3,4)5/h3-9,25H,11H2,1-2H3,(H,20,24);1H3/t18-;/m0./s1. The number of carbonyl (C=O) groups excluding carboxylic acids is 1. The Morgan fingerprint density at radius 1 is 1.23 bits per heavy atom. The van der Waals surface area contributed by atoms with Crippen molar-refractivity contribution in [3.8, 4) is 6.07 Å². The molecule has 1 atom stereocenters. The zero-order valence-corrected chi connectivity index (χ0v) is 16.5. The van der Waals surface area contributed by atoms with Crippen molar-refractivity contribution in [1.29, 1.82) is 5.26 Å². The molecule has 0 bridgehead atoms. The number of aliphatic hydroxyl groups is 1. The van der Waals surface area contributed by atoms with Gasteiger partial charge in [-0.15, -0.1) is 5.10 Å². The SMILES string of the molecule is CC(F)(F)F.Cc1cc(NC(=O)[C@@](C)(O)Cn2nnc3ccccc32)ccc1C#N. The summed E-state index contributed by atoms with van der Waals surface area (Å²) in [6, 6.07) is 14.4. The number of para-hydroxylation sites is 1. The molecule has 0 spiro atoms. The van der Waals surface area contributed by atoms with Crippen LogP contribution in [0.1, 0.15) is 25.0 Å².